The van der Waals surface area contributed by atoms with Gasteiger partial charge in [0.1, 0.15) is 42.7 Å². The van der Waals surface area contributed by atoms with Gasteiger partial charge in [0, 0.05) is 25.0 Å². The Kier molecular flexibility index (Phi) is 8.01. The lowest BCUT2D eigenvalue weighted by Gasteiger charge is -2.45. The molecule has 0 spiro atoms. The number of aliphatic hydroxyl groups is 6. The molecule has 2 saturated heterocycles. The minimum Gasteiger partial charge on any atom is -0.394 e. The van der Waals surface area contributed by atoms with E-state index < -0.39 is 86.2 Å². The first kappa shape index (κ1) is 24.1. The van der Waals surface area contributed by atoms with Crippen molar-refractivity contribution in [3.63, 3.8) is 0 Å². The smallest absolute Gasteiger partial charge is 0.187 e. The summed E-state index contributed by atoms with van der Waals surface area (Å²) < 4.78 is 22.5. The summed E-state index contributed by atoms with van der Waals surface area (Å²) in [6, 6.07) is -1.45. The first-order valence-corrected chi connectivity index (χ1v) is 10.0. The van der Waals surface area contributed by atoms with Gasteiger partial charge in [0.05, 0.1) is 18.8 Å². The zero-order valence-corrected chi connectivity index (χ0v) is 16.4. The van der Waals surface area contributed by atoms with Crippen molar-refractivity contribution in [2.24, 2.45) is 17.2 Å². The molecule has 30 heavy (non-hydrogen) atoms. The number of hydrogen-bond acceptors (Lipinski definition) is 13. The summed E-state index contributed by atoms with van der Waals surface area (Å²) in [4.78, 5) is 0. The second kappa shape index (κ2) is 9.95. The van der Waals surface area contributed by atoms with Crippen LogP contribution in [0.25, 0.3) is 0 Å². The molecular formula is C17H33N3O10. The summed E-state index contributed by atoms with van der Waals surface area (Å²) >= 11 is 0. The van der Waals surface area contributed by atoms with Crippen LogP contribution >= 0.6 is 0 Å². The van der Waals surface area contributed by atoms with E-state index in [1.807, 2.05) is 0 Å². The minimum atomic E-state index is -1.41. The number of nitrogens with two attached hydrogens (primary N) is 3. The SMILES string of the molecule is NC[C@H]1O[C@@H](OC2C(O)[C@H](N)CC(N)[C@H]2O[C@@H]2CC(O)[C@H](O)C(CO)O2)C(O)C1O. The van der Waals surface area contributed by atoms with Gasteiger partial charge in [0.25, 0.3) is 0 Å². The van der Waals surface area contributed by atoms with Gasteiger partial charge in [-0.25, -0.2) is 0 Å². The van der Waals surface area contributed by atoms with Gasteiger partial charge in [-0.15, -0.1) is 0 Å². The van der Waals surface area contributed by atoms with Gasteiger partial charge in [-0.2, -0.15) is 0 Å². The highest BCUT2D eigenvalue weighted by Gasteiger charge is 2.50. The van der Waals surface area contributed by atoms with E-state index >= 15 is 0 Å². The minimum absolute atomic E-state index is 0.0526. The Morgan fingerprint density at radius 1 is 0.767 bits per heavy atom. The van der Waals surface area contributed by atoms with E-state index in [1.165, 1.54) is 0 Å². The highest BCUT2D eigenvalue weighted by Crippen LogP contribution is 2.32. The maximum Gasteiger partial charge on any atom is 0.187 e. The zero-order valence-electron chi connectivity index (χ0n) is 16.4. The molecule has 2 aliphatic heterocycles. The van der Waals surface area contributed by atoms with Gasteiger partial charge in [-0.1, -0.05) is 0 Å². The van der Waals surface area contributed by atoms with Gasteiger partial charge in [-0.05, 0) is 6.42 Å². The molecule has 13 atom stereocenters. The summed E-state index contributed by atoms with van der Waals surface area (Å²) in [6.07, 6.45) is -12.7. The Hall–Kier alpha value is -0.520. The van der Waals surface area contributed by atoms with Gasteiger partial charge >= 0.3 is 0 Å². The molecule has 3 aliphatic rings. The summed E-state index contributed by atoms with van der Waals surface area (Å²) in [6.45, 7) is -0.592. The summed E-state index contributed by atoms with van der Waals surface area (Å²) in [5.74, 6) is 0. The molecule has 0 bridgehead atoms. The molecule has 2 heterocycles. The third-order valence-corrected chi connectivity index (χ3v) is 5.93. The zero-order chi connectivity index (χ0) is 22.2. The van der Waals surface area contributed by atoms with Crippen LogP contribution < -0.4 is 17.2 Å². The Morgan fingerprint density at radius 2 is 1.47 bits per heavy atom. The van der Waals surface area contributed by atoms with Crippen molar-refractivity contribution in [1.29, 1.82) is 0 Å². The second-order valence-electron chi connectivity index (χ2n) is 8.10. The van der Waals surface area contributed by atoms with Crippen LogP contribution in [0.15, 0.2) is 0 Å². The number of aliphatic hydroxyl groups excluding tert-OH is 6. The summed E-state index contributed by atoms with van der Waals surface area (Å²) in [5, 5.41) is 60.0. The van der Waals surface area contributed by atoms with Crippen molar-refractivity contribution < 1.29 is 49.6 Å². The van der Waals surface area contributed by atoms with Crippen LogP contribution in [0, 0.1) is 0 Å². The summed E-state index contributed by atoms with van der Waals surface area (Å²) in [5.41, 5.74) is 17.6. The van der Waals surface area contributed by atoms with Gasteiger partial charge in [0.15, 0.2) is 12.6 Å². The quantitative estimate of drug-likeness (QED) is 0.188. The second-order valence-corrected chi connectivity index (χ2v) is 8.10. The predicted molar refractivity (Wildman–Crippen MR) is 98.4 cm³/mol. The molecule has 7 unspecified atom stereocenters. The van der Waals surface area contributed by atoms with Crippen LogP contribution in [0.1, 0.15) is 12.8 Å². The predicted octanol–water partition coefficient (Wildman–Crippen LogP) is -5.59. The lowest BCUT2D eigenvalue weighted by Crippen LogP contribution is -2.65. The lowest BCUT2D eigenvalue weighted by molar-refractivity contribution is -0.305. The maximum atomic E-state index is 10.6. The number of hydrogen-bond donors (Lipinski definition) is 9. The molecule has 0 amide bonds. The van der Waals surface area contributed by atoms with Crippen molar-refractivity contribution in [3.8, 4) is 0 Å². The highest BCUT2D eigenvalue weighted by atomic mass is 16.7. The van der Waals surface area contributed by atoms with E-state index in [-0.39, 0.29) is 19.4 Å². The monoisotopic (exact) mass is 439 g/mol. The maximum absolute atomic E-state index is 10.6. The largest absolute Gasteiger partial charge is 0.394 e. The van der Waals surface area contributed by atoms with Gasteiger partial charge in [0.2, 0.25) is 0 Å². The van der Waals surface area contributed by atoms with Crippen molar-refractivity contribution in [1.82, 2.24) is 0 Å². The molecule has 0 radical (unpaired) electrons. The molecule has 13 nitrogen and oxygen atoms in total. The third kappa shape index (κ3) is 4.78. The van der Waals surface area contributed by atoms with Crippen molar-refractivity contribution in [3.05, 3.63) is 0 Å². The Morgan fingerprint density at radius 3 is 2.07 bits per heavy atom. The van der Waals surface area contributed by atoms with Crippen LogP contribution in [0.5, 0.6) is 0 Å². The van der Waals surface area contributed by atoms with Crippen LogP contribution in [-0.4, -0.2) is 123 Å². The Bertz CT molecular complexity index is 562. The average Bonchev–Trinajstić information content (AvgIpc) is 2.98. The molecule has 176 valence electrons. The van der Waals surface area contributed by atoms with Crippen LogP contribution in [0.3, 0.4) is 0 Å². The topological polar surface area (TPSA) is 236 Å². The van der Waals surface area contributed by atoms with E-state index in [9.17, 15) is 30.6 Å². The molecule has 3 rings (SSSR count). The first-order chi connectivity index (χ1) is 14.2. The summed E-state index contributed by atoms with van der Waals surface area (Å²) in [7, 11) is 0. The van der Waals surface area contributed by atoms with E-state index in [2.05, 4.69) is 0 Å². The molecule has 12 N–H and O–H groups in total. The van der Waals surface area contributed by atoms with Gasteiger partial charge in [-0.3, -0.25) is 0 Å². The van der Waals surface area contributed by atoms with E-state index in [1.54, 1.807) is 0 Å². The fraction of sp³-hybridized carbons (Fsp3) is 1.00. The van der Waals surface area contributed by atoms with Crippen molar-refractivity contribution in [2.75, 3.05) is 13.2 Å². The molecule has 1 saturated carbocycles. The molecule has 0 aromatic heterocycles. The fourth-order valence-electron chi connectivity index (χ4n) is 4.11. The molecule has 3 fully saturated rings. The van der Waals surface area contributed by atoms with E-state index in [4.69, 9.17) is 36.1 Å². The van der Waals surface area contributed by atoms with Crippen LogP contribution in [0.4, 0.5) is 0 Å². The van der Waals surface area contributed by atoms with E-state index in [0.717, 1.165) is 0 Å². The third-order valence-electron chi connectivity index (χ3n) is 5.93. The molecule has 0 aromatic carbocycles. The van der Waals surface area contributed by atoms with Crippen LogP contribution in [0.2, 0.25) is 0 Å². The van der Waals surface area contributed by atoms with Gasteiger partial charge < -0.3 is 66.8 Å². The molecule has 1 aliphatic carbocycles. The van der Waals surface area contributed by atoms with E-state index in [0.29, 0.717) is 0 Å². The standard InChI is InChI=1S/C17H33N3O10/c18-3-8-13(25)14(26)17(28-8)30-16-11(23)5(19)1-6(20)15(16)29-10-2-7(22)12(24)9(4-21)27-10/h5-17,21-26H,1-4,18-20H2/t5-,6?,7?,8-,9?,10-,11?,12+,13?,14?,15-,16?,17+/m1/s1. The van der Waals surface area contributed by atoms with Crippen molar-refractivity contribution in [2.45, 2.75) is 92.4 Å². The average molecular weight is 439 g/mol. The Balaban J connectivity index is 1.73. The Labute approximate surface area is 173 Å². The molecule has 0 aromatic rings. The first-order valence-electron chi connectivity index (χ1n) is 10.0. The number of ether oxygens (including phenoxy) is 4. The highest BCUT2D eigenvalue weighted by molar-refractivity contribution is 5.00. The van der Waals surface area contributed by atoms with Crippen molar-refractivity contribution >= 4 is 0 Å². The lowest BCUT2D eigenvalue weighted by atomic mass is 9.84. The van der Waals surface area contributed by atoms with Crippen LogP contribution in [-0.2, 0) is 18.9 Å². The number of rotatable bonds is 6. The molecule has 13 heteroatoms. The normalized spacial score (nSPS) is 52.5. The fourth-order valence-corrected chi connectivity index (χ4v) is 4.11. The molecular weight excluding hydrogens is 406 g/mol.